The molecule has 0 spiro atoms. The van der Waals surface area contributed by atoms with E-state index in [9.17, 15) is 0 Å². The highest BCUT2D eigenvalue weighted by Crippen LogP contribution is 2.02. The fourth-order valence-corrected chi connectivity index (χ4v) is 1.58. The summed E-state index contributed by atoms with van der Waals surface area (Å²) in [7, 11) is 2.24. The fourth-order valence-electron chi connectivity index (χ4n) is 1.58. The minimum Gasteiger partial charge on any atom is -0.317 e. The van der Waals surface area contributed by atoms with Gasteiger partial charge in [0.25, 0.3) is 0 Å². The Hall–Kier alpha value is -0.0800. The normalized spacial score (nSPS) is 11.6. The highest BCUT2D eigenvalue weighted by atomic mass is 15.1. The second-order valence-corrected chi connectivity index (χ2v) is 4.90. The summed E-state index contributed by atoms with van der Waals surface area (Å²) in [6.07, 6.45) is 5.36. The molecular formula is C13H30N2. The van der Waals surface area contributed by atoms with Crippen LogP contribution in [0.1, 0.15) is 46.5 Å². The Morgan fingerprint density at radius 1 is 1.07 bits per heavy atom. The van der Waals surface area contributed by atoms with Crippen molar-refractivity contribution in [2.75, 3.05) is 33.2 Å². The molecule has 0 aromatic rings. The lowest BCUT2D eigenvalue weighted by Gasteiger charge is -2.17. The first-order valence-corrected chi connectivity index (χ1v) is 6.56. The van der Waals surface area contributed by atoms with Gasteiger partial charge >= 0.3 is 0 Å². The molecule has 92 valence electrons. The molecule has 0 amide bonds. The maximum absolute atomic E-state index is 3.36. The third kappa shape index (κ3) is 11.8. The van der Waals surface area contributed by atoms with Gasteiger partial charge in [0, 0.05) is 0 Å². The number of hydrogen-bond acceptors (Lipinski definition) is 2. The van der Waals surface area contributed by atoms with Gasteiger partial charge in [-0.05, 0) is 58.4 Å². The first-order chi connectivity index (χ1) is 7.16. The quantitative estimate of drug-likeness (QED) is 0.563. The van der Waals surface area contributed by atoms with Gasteiger partial charge in [-0.25, -0.2) is 0 Å². The van der Waals surface area contributed by atoms with Crippen LogP contribution in [0.3, 0.4) is 0 Å². The van der Waals surface area contributed by atoms with Crippen molar-refractivity contribution in [3.63, 3.8) is 0 Å². The predicted octanol–water partition coefficient (Wildman–Crippen LogP) is 2.74. The highest BCUT2D eigenvalue weighted by molar-refractivity contribution is 4.55. The lowest BCUT2D eigenvalue weighted by atomic mass is 10.1. The lowest BCUT2D eigenvalue weighted by Crippen LogP contribution is -2.22. The Balaban J connectivity index is 3.13. The molecule has 0 bridgehead atoms. The lowest BCUT2D eigenvalue weighted by molar-refractivity contribution is 0.303. The van der Waals surface area contributed by atoms with Crippen molar-refractivity contribution in [3.8, 4) is 0 Å². The van der Waals surface area contributed by atoms with Crippen LogP contribution in [0.25, 0.3) is 0 Å². The van der Waals surface area contributed by atoms with Crippen LogP contribution in [0.2, 0.25) is 0 Å². The molecule has 0 aliphatic rings. The van der Waals surface area contributed by atoms with E-state index in [1.165, 1.54) is 45.3 Å². The molecule has 0 aromatic carbocycles. The molecule has 0 saturated carbocycles. The van der Waals surface area contributed by atoms with E-state index >= 15 is 0 Å². The molecule has 15 heavy (non-hydrogen) atoms. The molecule has 0 heterocycles. The second-order valence-electron chi connectivity index (χ2n) is 4.90. The van der Waals surface area contributed by atoms with Crippen LogP contribution in [0.15, 0.2) is 0 Å². The molecule has 1 N–H and O–H groups in total. The summed E-state index contributed by atoms with van der Waals surface area (Å²) in [4.78, 5) is 2.47. The van der Waals surface area contributed by atoms with Crippen LogP contribution in [0, 0.1) is 5.92 Å². The number of nitrogens with zero attached hydrogens (tertiary/aromatic N) is 1. The Kier molecular flexibility index (Phi) is 10.4. The van der Waals surface area contributed by atoms with Crippen molar-refractivity contribution in [1.29, 1.82) is 0 Å². The molecule has 0 fully saturated rings. The maximum Gasteiger partial charge on any atom is -0.00194 e. The van der Waals surface area contributed by atoms with E-state index in [4.69, 9.17) is 0 Å². The van der Waals surface area contributed by atoms with Crippen molar-refractivity contribution in [3.05, 3.63) is 0 Å². The zero-order valence-electron chi connectivity index (χ0n) is 11.2. The third-order valence-corrected chi connectivity index (χ3v) is 2.73. The van der Waals surface area contributed by atoms with Crippen LogP contribution in [-0.4, -0.2) is 38.1 Å². The van der Waals surface area contributed by atoms with Crippen molar-refractivity contribution >= 4 is 0 Å². The Morgan fingerprint density at radius 2 is 1.80 bits per heavy atom. The fraction of sp³-hybridized carbons (Fsp3) is 1.00. The van der Waals surface area contributed by atoms with Gasteiger partial charge in [0.2, 0.25) is 0 Å². The van der Waals surface area contributed by atoms with Gasteiger partial charge < -0.3 is 10.2 Å². The number of unbranched alkanes of at least 4 members (excludes halogenated alkanes) is 2. The molecule has 0 unspecified atom stereocenters. The van der Waals surface area contributed by atoms with Crippen LogP contribution >= 0.6 is 0 Å². The first kappa shape index (κ1) is 14.9. The summed E-state index contributed by atoms with van der Waals surface area (Å²) in [5, 5.41) is 3.36. The van der Waals surface area contributed by atoms with Crippen LogP contribution in [-0.2, 0) is 0 Å². The zero-order chi connectivity index (χ0) is 11.5. The van der Waals surface area contributed by atoms with Gasteiger partial charge in [-0.15, -0.1) is 0 Å². The summed E-state index contributed by atoms with van der Waals surface area (Å²) in [5.41, 5.74) is 0. The molecule has 0 aromatic heterocycles. The van der Waals surface area contributed by atoms with Crippen molar-refractivity contribution in [2.24, 2.45) is 5.92 Å². The molecule has 0 aliphatic carbocycles. The first-order valence-electron chi connectivity index (χ1n) is 6.56. The molecule has 2 heteroatoms. The smallest absolute Gasteiger partial charge is 0.00194 e. The monoisotopic (exact) mass is 214 g/mol. The van der Waals surface area contributed by atoms with Gasteiger partial charge in [0.05, 0.1) is 0 Å². The van der Waals surface area contributed by atoms with Gasteiger partial charge in [0.15, 0.2) is 0 Å². The average molecular weight is 214 g/mol. The molecule has 2 nitrogen and oxygen atoms in total. The summed E-state index contributed by atoms with van der Waals surface area (Å²) in [6, 6.07) is 0. The van der Waals surface area contributed by atoms with Gasteiger partial charge in [0.1, 0.15) is 0 Å². The van der Waals surface area contributed by atoms with E-state index in [-0.39, 0.29) is 0 Å². The Bertz CT molecular complexity index is 124. The van der Waals surface area contributed by atoms with Crippen molar-refractivity contribution < 1.29 is 0 Å². The minimum atomic E-state index is 0.834. The van der Waals surface area contributed by atoms with E-state index in [1.54, 1.807) is 0 Å². The average Bonchev–Trinajstić information content (AvgIpc) is 2.20. The Morgan fingerprint density at radius 3 is 2.40 bits per heavy atom. The van der Waals surface area contributed by atoms with Crippen LogP contribution in [0.4, 0.5) is 0 Å². The van der Waals surface area contributed by atoms with Crippen LogP contribution in [0.5, 0.6) is 0 Å². The summed E-state index contributed by atoms with van der Waals surface area (Å²) in [5.74, 6) is 0.834. The van der Waals surface area contributed by atoms with E-state index < -0.39 is 0 Å². The molecule has 0 rings (SSSR count). The number of nitrogens with one attached hydrogen (secondary N) is 1. The van der Waals surface area contributed by atoms with Gasteiger partial charge in [-0.3, -0.25) is 0 Å². The largest absolute Gasteiger partial charge is 0.317 e. The van der Waals surface area contributed by atoms with E-state index in [0.717, 1.165) is 12.5 Å². The molecule has 0 saturated heterocycles. The van der Waals surface area contributed by atoms with Gasteiger partial charge in [-0.1, -0.05) is 27.2 Å². The zero-order valence-corrected chi connectivity index (χ0v) is 11.2. The molecule has 0 aliphatic heterocycles. The van der Waals surface area contributed by atoms with Crippen LogP contribution < -0.4 is 5.32 Å². The minimum absolute atomic E-state index is 0.834. The highest BCUT2D eigenvalue weighted by Gasteiger charge is 1.99. The number of hydrogen-bond donors (Lipinski definition) is 1. The summed E-state index contributed by atoms with van der Waals surface area (Å²) >= 11 is 0. The molecule has 0 radical (unpaired) electrons. The molecular weight excluding hydrogens is 184 g/mol. The maximum atomic E-state index is 3.36. The van der Waals surface area contributed by atoms with E-state index in [2.05, 4.69) is 38.0 Å². The Labute approximate surface area is 96.4 Å². The van der Waals surface area contributed by atoms with Crippen molar-refractivity contribution in [1.82, 2.24) is 10.2 Å². The number of rotatable bonds is 10. The predicted molar refractivity (Wildman–Crippen MR) is 69.3 cm³/mol. The second kappa shape index (κ2) is 10.4. The SMILES string of the molecule is CCNCCCCCN(C)CCC(C)C. The third-order valence-electron chi connectivity index (χ3n) is 2.73. The van der Waals surface area contributed by atoms with E-state index in [1.807, 2.05) is 0 Å². The summed E-state index contributed by atoms with van der Waals surface area (Å²) < 4.78 is 0. The van der Waals surface area contributed by atoms with Gasteiger partial charge in [-0.2, -0.15) is 0 Å². The van der Waals surface area contributed by atoms with E-state index in [0.29, 0.717) is 0 Å². The molecule has 0 atom stereocenters. The summed E-state index contributed by atoms with van der Waals surface area (Å²) in [6.45, 7) is 11.6. The van der Waals surface area contributed by atoms with Crippen molar-refractivity contribution in [2.45, 2.75) is 46.5 Å². The standard InChI is InChI=1S/C13H30N2/c1-5-14-10-7-6-8-11-15(4)12-9-13(2)3/h13-14H,5-12H2,1-4H3. The topological polar surface area (TPSA) is 15.3 Å².